The van der Waals surface area contributed by atoms with Crippen LogP contribution in [0.15, 0.2) is 24.3 Å². The number of benzene rings is 1. The summed E-state index contributed by atoms with van der Waals surface area (Å²) < 4.78 is 26.0. The van der Waals surface area contributed by atoms with Crippen LogP contribution in [0.1, 0.15) is 31.4 Å². The Labute approximate surface area is 167 Å². The van der Waals surface area contributed by atoms with Crippen LogP contribution in [0.25, 0.3) is 0 Å². The average molecular weight is 408 g/mol. The van der Waals surface area contributed by atoms with Gasteiger partial charge in [0.2, 0.25) is 15.9 Å². The second kappa shape index (κ2) is 8.21. The topological polar surface area (TPSA) is 86.8 Å². The van der Waals surface area contributed by atoms with E-state index in [1.54, 1.807) is 0 Å². The van der Waals surface area contributed by atoms with E-state index in [0.29, 0.717) is 25.9 Å². The van der Waals surface area contributed by atoms with E-state index in [-0.39, 0.29) is 36.1 Å². The number of sulfonamides is 1. The van der Waals surface area contributed by atoms with E-state index in [4.69, 9.17) is 0 Å². The summed E-state index contributed by atoms with van der Waals surface area (Å²) in [7, 11) is -3.58. The van der Waals surface area contributed by atoms with Gasteiger partial charge < -0.3 is 5.32 Å². The van der Waals surface area contributed by atoms with E-state index < -0.39 is 16.1 Å². The molecule has 1 aromatic rings. The van der Waals surface area contributed by atoms with Gasteiger partial charge in [-0.2, -0.15) is 0 Å². The fourth-order valence-corrected chi connectivity index (χ4v) is 5.59. The Kier molecular flexibility index (Phi) is 6.09. The van der Waals surface area contributed by atoms with Crippen molar-refractivity contribution in [2.24, 2.45) is 5.92 Å². The van der Waals surface area contributed by atoms with Gasteiger partial charge in [0.25, 0.3) is 5.91 Å². The minimum Gasteiger partial charge on any atom is -0.352 e. The number of aryl methyl sites for hydroxylation is 1. The number of carbonyl (C=O) groups excluding carboxylic acids is 2. The first kappa shape index (κ1) is 20.8. The average Bonchev–Trinajstić information content (AvgIpc) is 2.96. The molecule has 0 unspecified atom stereocenters. The molecule has 3 rings (SSSR count). The van der Waals surface area contributed by atoms with Crippen LogP contribution in [0.2, 0.25) is 0 Å². The normalized spacial score (nSPS) is 24.9. The minimum absolute atomic E-state index is 0.0636. The van der Waals surface area contributed by atoms with Gasteiger partial charge in [-0.05, 0) is 24.8 Å². The van der Waals surface area contributed by atoms with Crippen molar-refractivity contribution in [2.75, 3.05) is 25.4 Å². The van der Waals surface area contributed by atoms with Crippen LogP contribution in [-0.4, -0.2) is 66.9 Å². The van der Waals surface area contributed by atoms with E-state index in [1.807, 2.05) is 49.9 Å². The van der Waals surface area contributed by atoms with Gasteiger partial charge in [0, 0.05) is 25.7 Å². The Bertz CT molecular complexity index is 853. The molecule has 1 aromatic carbocycles. The van der Waals surface area contributed by atoms with Crippen LogP contribution in [0.5, 0.6) is 0 Å². The Hall–Kier alpha value is -1.93. The lowest BCUT2D eigenvalue weighted by Crippen LogP contribution is -2.45. The Morgan fingerprint density at radius 2 is 2.07 bits per heavy atom. The van der Waals surface area contributed by atoms with Gasteiger partial charge >= 0.3 is 0 Å². The van der Waals surface area contributed by atoms with Gasteiger partial charge in [0.1, 0.15) is 0 Å². The third kappa shape index (κ3) is 4.72. The Morgan fingerprint density at radius 3 is 2.75 bits per heavy atom. The van der Waals surface area contributed by atoms with Gasteiger partial charge in [-0.15, -0.1) is 0 Å². The number of amides is 2. The SMILES string of the molecule is Cc1cccc(CC(=O)N[C@H]2C[C@H]3C(=O)N(CC(C)C)S(=O)(=O)CCN3C2)c1. The van der Waals surface area contributed by atoms with Gasteiger partial charge in [-0.1, -0.05) is 43.7 Å². The van der Waals surface area contributed by atoms with E-state index in [1.165, 1.54) is 0 Å². The highest BCUT2D eigenvalue weighted by Crippen LogP contribution is 2.25. The van der Waals surface area contributed by atoms with Gasteiger partial charge in [-0.3, -0.25) is 14.5 Å². The first-order valence-corrected chi connectivity index (χ1v) is 11.4. The van der Waals surface area contributed by atoms with E-state index in [9.17, 15) is 18.0 Å². The lowest BCUT2D eigenvalue weighted by molar-refractivity contribution is -0.131. The highest BCUT2D eigenvalue weighted by molar-refractivity contribution is 7.89. The molecule has 2 atom stereocenters. The zero-order chi connectivity index (χ0) is 20.5. The van der Waals surface area contributed by atoms with Gasteiger partial charge in [0.05, 0.1) is 18.2 Å². The van der Waals surface area contributed by atoms with Crippen LogP contribution in [0, 0.1) is 12.8 Å². The second-order valence-electron chi connectivity index (χ2n) is 8.26. The molecule has 154 valence electrons. The molecular formula is C20H29N3O4S. The number of hydrogen-bond donors (Lipinski definition) is 1. The quantitative estimate of drug-likeness (QED) is 0.785. The van der Waals surface area contributed by atoms with Crippen LogP contribution in [-0.2, 0) is 26.0 Å². The number of carbonyl (C=O) groups is 2. The number of hydrogen-bond acceptors (Lipinski definition) is 5. The smallest absolute Gasteiger partial charge is 0.253 e. The number of nitrogens with zero attached hydrogens (tertiary/aromatic N) is 2. The highest BCUT2D eigenvalue weighted by Gasteiger charge is 2.45. The van der Waals surface area contributed by atoms with E-state index in [0.717, 1.165) is 15.4 Å². The number of nitrogens with one attached hydrogen (secondary N) is 1. The van der Waals surface area contributed by atoms with Crippen LogP contribution >= 0.6 is 0 Å². The molecule has 0 aliphatic carbocycles. The molecule has 2 aliphatic rings. The lowest BCUT2D eigenvalue weighted by atomic mass is 10.1. The summed E-state index contributed by atoms with van der Waals surface area (Å²) in [4.78, 5) is 27.3. The Morgan fingerprint density at radius 1 is 1.32 bits per heavy atom. The van der Waals surface area contributed by atoms with Crippen molar-refractivity contribution in [3.8, 4) is 0 Å². The molecule has 0 aromatic heterocycles. The van der Waals surface area contributed by atoms with Crippen LogP contribution in [0.3, 0.4) is 0 Å². The van der Waals surface area contributed by atoms with E-state index in [2.05, 4.69) is 5.32 Å². The fourth-order valence-electron chi connectivity index (χ4n) is 3.98. The summed E-state index contributed by atoms with van der Waals surface area (Å²) in [5.74, 6) is -0.433. The molecule has 2 fully saturated rings. The second-order valence-corrected chi connectivity index (χ2v) is 10.3. The number of fused-ring (bicyclic) bond motifs is 1. The van der Waals surface area contributed by atoms with Crippen molar-refractivity contribution < 1.29 is 18.0 Å². The molecule has 0 bridgehead atoms. The molecule has 0 spiro atoms. The predicted molar refractivity (Wildman–Crippen MR) is 107 cm³/mol. The molecular weight excluding hydrogens is 378 g/mol. The van der Waals surface area contributed by atoms with Crippen molar-refractivity contribution in [1.29, 1.82) is 0 Å². The maximum Gasteiger partial charge on any atom is 0.253 e. The molecule has 2 heterocycles. The first-order chi connectivity index (χ1) is 13.2. The summed E-state index contributed by atoms with van der Waals surface area (Å²) in [6.07, 6.45) is 0.743. The molecule has 2 amide bonds. The van der Waals surface area contributed by atoms with Crippen LogP contribution in [0.4, 0.5) is 0 Å². The van der Waals surface area contributed by atoms with Crippen molar-refractivity contribution in [2.45, 2.75) is 45.7 Å². The third-order valence-electron chi connectivity index (χ3n) is 5.25. The van der Waals surface area contributed by atoms with Crippen molar-refractivity contribution >= 4 is 21.8 Å². The summed E-state index contributed by atoms with van der Waals surface area (Å²) >= 11 is 0. The van der Waals surface area contributed by atoms with Gasteiger partial charge in [0.15, 0.2) is 0 Å². The predicted octanol–water partition coefficient (Wildman–Crippen LogP) is 0.925. The van der Waals surface area contributed by atoms with Gasteiger partial charge in [-0.25, -0.2) is 12.7 Å². The summed E-state index contributed by atoms with van der Waals surface area (Å²) in [6.45, 7) is 6.80. The monoisotopic (exact) mass is 407 g/mol. The molecule has 0 radical (unpaired) electrons. The van der Waals surface area contributed by atoms with Crippen molar-refractivity contribution in [1.82, 2.24) is 14.5 Å². The highest BCUT2D eigenvalue weighted by atomic mass is 32.2. The minimum atomic E-state index is -3.58. The summed E-state index contributed by atoms with van der Waals surface area (Å²) in [5.41, 5.74) is 2.06. The molecule has 2 aliphatic heterocycles. The maximum atomic E-state index is 12.9. The largest absolute Gasteiger partial charge is 0.352 e. The number of rotatable bonds is 5. The zero-order valence-corrected chi connectivity index (χ0v) is 17.5. The molecule has 1 N–H and O–H groups in total. The molecule has 7 nitrogen and oxygen atoms in total. The standard InChI is InChI=1S/C20H29N3O4S/c1-14(2)12-23-20(25)18-11-17(13-22(18)7-8-28(23,26)27)21-19(24)10-16-6-4-5-15(3)9-16/h4-6,9,14,17-18H,7-8,10-13H2,1-3H3,(H,21,24)/t17-,18-/m0/s1. The molecule has 0 saturated carbocycles. The zero-order valence-electron chi connectivity index (χ0n) is 16.7. The third-order valence-corrected chi connectivity index (χ3v) is 6.95. The lowest BCUT2D eigenvalue weighted by Gasteiger charge is -2.25. The maximum absolute atomic E-state index is 12.9. The summed E-state index contributed by atoms with van der Waals surface area (Å²) in [5, 5.41) is 3.02. The first-order valence-electron chi connectivity index (χ1n) is 9.79. The summed E-state index contributed by atoms with van der Waals surface area (Å²) in [6, 6.07) is 7.20. The molecule has 2 saturated heterocycles. The van der Waals surface area contributed by atoms with Crippen molar-refractivity contribution in [3.63, 3.8) is 0 Å². The van der Waals surface area contributed by atoms with Crippen molar-refractivity contribution in [3.05, 3.63) is 35.4 Å². The molecule has 8 heteroatoms. The fraction of sp³-hybridized carbons (Fsp3) is 0.600. The van der Waals surface area contributed by atoms with Crippen LogP contribution < -0.4 is 5.32 Å². The Balaban J connectivity index is 1.65. The van der Waals surface area contributed by atoms with E-state index >= 15 is 0 Å². The molecule has 28 heavy (non-hydrogen) atoms.